The van der Waals surface area contributed by atoms with Crippen LogP contribution < -0.4 is 0 Å². The first-order valence-electron chi connectivity index (χ1n) is 3.90. The van der Waals surface area contributed by atoms with Crippen molar-refractivity contribution in [2.45, 2.75) is 32.8 Å². The standard InChI is InChI=1S/C8H14O3/c1-8(2,7(9)10)6-4-3-5-11-6/h6H,3-5H2,1-2H3,(H,9,10)/t6-/m0/s1. The van der Waals surface area contributed by atoms with Crippen molar-refractivity contribution >= 4 is 5.97 Å². The minimum Gasteiger partial charge on any atom is -0.481 e. The van der Waals surface area contributed by atoms with E-state index in [0.29, 0.717) is 6.61 Å². The van der Waals surface area contributed by atoms with E-state index in [1.165, 1.54) is 0 Å². The zero-order valence-electron chi connectivity index (χ0n) is 6.96. The van der Waals surface area contributed by atoms with Crippen LogP contribution in [0.1, 0.15) is 26.7 Å². The number of aliphatic carboxylic acids is 1. The van der Waals surface area contributed by atoms with E-state index in [1.807, 2.05) is 0 Å². The van der Waals surface area contributed by atoms with E-state index in [1.54, 1.807) is 13.8 Å². The molecular formula is C8H14O3. The van der Waals surface area contributed by atoms with Crippen LogP contribution in [0.25, 0.3) is 0 Å². The Hall–Kier alpha value is -0.570. The maximum absolute atomic E-state index is 10.7. The second-order valence-electron chi connectivity index (χ2n) is 3.53. The number of hydrogen-bond donors (Lipinski definition) is 1. The minimum atomic E-state index is -0.774. The van der Waals surface area contributed by atoms with Gasteiger partial charge in [-0.15, -0.1) is 0 Å². The van der Waals surface area contributed by atoms with Crippen molar-refractivity contribution in [1.29, 1.82) is 0 Å². The second-order valence-corrected chi connectivity index (χ2v) is 3.53. The molecule has 1 atom stereocenters. The Morgan fingerprint density at radius 3 is 2.64 bits per heavy atom. The van der Waals surface area contributed by atoms with Crippen LogP contribution in [0.5, 0.6) is 0 Å². The monoisotopic (exact) mass is 158 g/mol. The molecule has 3 nitrogen and oxygen atoms in total. The minimum absolute atomic E-state index is 0.0972. The molecule has 1 heterocycles. The molecular weight excluding hydrogens is 144 g/mol. The van der Waals surface area contributed by atoms with Gasteiger partial charge in [0.15, 0.2) is 0 Å². The zero-order valence-corrected chi connectivity index (χ0v) is 6.96. The molecule has 0 aromatic rings. The quantitative estimate of drug-likeness (QED) is 0.658. The SMILES string of the molecule is CC(C)(C(=O)O)[C@@H]1CCCO1. The van der Waals surface area contributed by atoms with Gasteiger partial charge in [0.2, 0.25) is 0 Å². The lowest BCUT2D eigenvalue weighted by atomic mass is 9.85. The molecule has 0 saturated carbocycles. The molecule has 1 N–H and O–H groups in total. The van der Waals surface area contributed by atoms with Gasteiger partial charge >= 0.3 is 5.97 Å². The highest BCUT2D eigenvalue weighted by Gasteiger charge is 2.39. The van der Waals surface area contributed by atoms with Gasteiger partial charge in [0.05, 0.1) is 11.5 Å². The molecule has 0 aliphatic carbocycles. The number of ether oxygens (including phenoxy) is 1. The Balaban J connectivity index is 2.62. The number of carbonyl (C=O) groups is 1. The van der Waals surface area contributed by atoms with E-state index >= 15 is 0 Å². The largest absolute Gasteiger partial charge is 0.481 e. The third-order valence-electron chi connectivity index (χ3n) is 2.29. The Morgan fingerprint density at radius 1 is 1.64 bits per heavy atom. The van der Waals surface area contributed by atoms with Gasteiger partial charge < -0.3 is 9.84 Å². The van der Waals surface area contributed by atoms with Gasteiger partial charge in [-0.1, -0.05) is 0 Å². The van der Waals surface area contributed by atoms with Crippen LogP contribution in [0, 0.1) is 5.41 Å². The molecule has 1 fully saturated rings. The average molecular weight is 158 g/mol. The molecule has 64 valence electrons. The highest BCUT2D eigenvalue weighted by molar-refractivity contribution is 5.74. The first-order valence-corrected chi connectivity index (χ1v) is 3.90. The third-order valence-corrected chi connectivity index (χ3v) is 2.29. The smallest absolute Gasteiger partial charge is 0.311 e. The van der Waals surface area contributed by atoms with E-state index in [4.69, 9.17) is 9.84 Å². The molecule has 0 aromatic heterocycles. The summed E-state index contributed by atoms with van der Waals surface area (Å²) >= 11 is 0. The molecule has 0 radical (unpaired) electrons. The summed E-state index contributed by atoms with van der Waals surface area (Å²) in [5.41, 5.74) is -0.726. The van der Waals surface area contributed by atoms with E-state index in [0.717, 1.165) is 12.8 Å². The van der Waals surface area contributed by atoms with Crippen molar-refractivity contribution in [3.63, 3.8) is 0 Å². The summed E-state index contributed by atoms with van der Waals surface area (Å²) in [6.07, 6.45) is 1.76. The van der Waals surface area contributed by atoms with Gasteiger partial charge in [-0.25, -0.2) is 0 Å². The Labute approximate surface area is 66.4 Å². The van der Waals surface area contributed by atoms with Crippen LogP contribution in [0.15, 0.2) is 0 Å². The van der Waals surface area contributed by atoms with Crippen LogP contribution >= 0.6 is 0 Å². The summed E-state index contributed by atoms with van der Waals surface area (Å²) in [5, 5.41) is 8.82. The maximum Gasteiger partial charge on any atom is 0.311 e. The third kappa shape index (κ3) is 1.53. The Morgan fingerprint density at radius 2 is 2.27 bits per heavy atom. The van der Waals surface area contributed by atoms with Crippen molar-refractivity contribution in [3.05, 3.63) is 0 Å². The summed E-state index contributed by atoms with van der Waals surface area (Å²) in [6, 6.07) is 0. The Bertz CT molecular complexity index is 157. The van der Waals surface area contributed by atoms with Crippen LogP contribution in [-0.4, -0.2) is 23.8 Å². The molecule has 11 heavy (non-hydrogen) atoms. The molecule has 0 spiro atoms. The van der Waals surface area contributed by atoms with Crippen molar-refractivity contribution in [3.8, 4) is 0 Å². The van der Waals surface area contributed by atoms with E-state index < -0.39 is 11.4 Å². The number of hydrogen-bond acceptors (Lipinski definition) is 2. The van der Waals surface area contributed by atoms with Crippen LogP contribution in [0.2, 0.25) is 0 Å². The summed E-state index contributed by atoms with van der Waals surface area (Å²) in [7, 11) is 0. The van der Waals surface area contributed by atoms with Gasteiger partial charge in [-0.05, 0) is 26.7 Å². The molecule has 1 aliphatic rings. The van der Waals surface area contributed by atoms with E-state index in [2.05, 4.69) is 0 Å². The fourth-order valence-corrected chi connectivity index (χ4v) is 1.28. The van der Waals surface area contributed by atoms with Crippen molar-refractivity contribution in [1.82, 2.24) is 0 Å². The van der Waals surface area contributed by atoms with Gasteiger partial charge in [-0.3, -0.25) is 4.79 Å². The lowest BCUT2D eigenvalue weighted by molar-refractivity contribution is -0.154. The Kier molecular flexibility index (Phi) is 2.18. The number of carboxylic acids is 1. The molecule has 0 bridgehead atoms. The highest BCUT2D eigenvalue weighted by Crippen LogP contribution is 2.30. The number of carboxylic acid groups (broad SMARTS) is 1. The van der Waals surface area contributed by atoms with Crippen LogP contribution in [0.4, 0.5) is 0 Å². The average Bonchev–Trinajstić information content (AvgIpc) is 2.37. The summed E-state index contributed by atoms with van der Waals surface area (Å²) in [6.45, 7) is 4.14. The fourth-order valence-electron chi connectivity index (χ4n) is 1.28. The molecule has 0 unspecified atom stereocenters. The van der Waals surface area contributed by atoms with E-state index in [9.17, 15) is 4.79 Å². The van der Waals surface area contributed by atoms with Crippen molar-refractivity contribution in [2.75, 3.05) is 6.61 Å². The van der Waals surface area contributed by atoms with Crippen molar-refractivity contribution < 1.29 is 14.6 Å². The summed E-state index contributed by atoms with van der Waals surface area (Å²) < 4.78 is 5.30. The molecule has 1 aliphatic heterocycles. The van der Waals surface area contributed by atoms with E-state index in [-0.39, 0.29) is 6.10 Å². The molecule has 1 rings (SSSR count). The topological polar surface area (TPSA) is 46.5 Å². The van der Waals surface area contributed by atoms with Crippen LogP contribution in [-0.2, 0) is 9.53 Å². The van der Waals surface area contributed by atoms with Gasteiger partial charge in [0.25, 0.3) is 0 Å². The maximum atomic E-state index is 10.7. The van der Waals surface area contributed by atoms with Crippen LogP contribution in [0.3, 0.4) is 0 Å². The predicted octanol–water partition coefficient (Wildman–Crippen LogP) is 1.28. The lowest BCUT2D eigenvalue weighted by Gasteiger charge is -2.25. The highest BCUT2D eigenvalue weighted by atomic mass is 16.5. The normalized spacial score (nSPS) is 25.5. The number of rotatable bonds is 2. The fraction of sp³-hybridized carbons (Fsp3) is 0.875. The van der Waals surface area contributed by atoms with Gasteiger partial charge in [-0.2, -0.15) is 0 Å². The lowest BCUT2D eigenvalue weighted by Crippen LogP contribution is -2.36. The van der Waals surface area contributed by atoms with Gasteiger partial charge in [0, 0.05) is 6.61 Å². The zero-order chi connectivity index (χ0) is 8.48. The van der Waals surface area contributed by atoms with Gasteiger partial charge in [0.1, 0.15) is 0 Å². The first-order chi connectivity index (χ1) is 5.05. The summed E-state index contributed by atoms with van der Waals surface area (Å²) in [4.78, 5) is 10.7. The first kappa shape index (κ1) is 8.53. The van der Waals surface area contributed by atoms with Crippen molar-refractivity contribution in [2.24, 2.45) is 5.41 Å². The second kappa shape index (κ2) is 2.81. The molecule has 0 aromatic carbocycles. The molecule has 1 saturated heterocycles. The predicted molar refractivity (Wildman–Crippen MR) is 40.4 cm³/mol. The summed E-state index contributed by atoms with van der Waals surface area (Å²) in [5.74, 6) is -0.774. The molecule has 3 heteroatoms. The molecule has 0 amide bonds.